The molecule has 0 aliphatic carbocycles. The van der Waals surface area contributed by atoms with Gasteiger partial charge in [0.2, 0.25) is 0 Å². The summed E-state index contributed by atoms with van der Waals surface area (Å²) in [4.78, 5) is 1.54. The first-order valence-electron chi connectivity index (χ1n) is 3.77. The highest BCUT2D eigenvalue weighted by Crippen LogP contribution is 2.26. The van der Waals surface area contributed by atoms with Gasteiger partial charge in [-0.25, -0.2) is 0 Å². The molecule has 0 aromatic carbocycles. The lowest BCUT2D eigenvalue weighted by Gasteiger charge is -1.98. The van der Waals surface area contributed by atoms with Crippen LogP contribution in [-0.4, -0.2) is 6.54 Å². The Labute approximate surface area is 77.2 Å². The zero-order valence-corrected chi connectivity index (χ0v) is 7.93. The third-order valence-electron chi connectivity index (χ3n) is 1.89. The summed E-state index contributed by atoms with van der Waals surface area (Å²) in [6, 6.07) is 2.19. The zero-order valence-electron chi connectivity index (χ0n) is 6.30. The minimum absolute atomic E-state index is 0. The predicted octanol–water partition coefficient (Wildman–Crippen LogP) is 2.92. The van der Waals surface area contributed by atoms with Crippen molar-refractivity contribution in [3.63, 3.8) is 0 Å². The van der Waals surface area contributed by atoms with Crippen LogP contribution in [0.4, 0.5) is 5.69 Å². The van der Waals surface area contributed by atoms with E-state index in [1.54, 1.807) is 0 Å². The average molecular weight is 190 g/mol. The maximum atomic E-state index is 3.42. The topological polar surface area (TPSA) is 12.0 Å². The number of thiophene rings is 1. The molecule has 2 heterocycles. The summed E-state index contributed by atoms with van der Waals surface area (Å²) in [5.74, 6) is 0. The number of rotatable bonds is 0. The Kier molecular flexibility index (Phi) is 3.21. The molecule has 1 aromatic heterocycles. The van der Waals surface area contributed by atoms with E-state index < -0.39 is 0 Å². The van der Waals surface area contributed by atoms with Gasteiger partial charge in [-0.1, -0.05) is 0 Å². The van der Waals surface area contributed by atoms with E-state index in [1.807, 2.05) is 11.3 Å². The highest BCUT2D eigenvalue weighted by molar-refractivity contribution is 7.10. The van der Waals surface area contributed by atoms with Crippen molar-refractivity contribution >= 4 is 29.4 Å². The fourth-order valence-electron chi connectivity index (χ4n) is 1.33. The number of anilines is 1. The molecule has 0 atom stereocenters. The molecular weight excluding hydrogens is 178 g/mol. The van der Waals surface area contributed by atoms with Gasteiger partial charge in [0.05, 0.1) is 0 Å². The van der Waals surface area contributed by atoms with Crippen molar-refractivity contribution in [1.82, 2.24) is 0 Å². The van der Waals surface area contributed by atoms with Crippen LogP contribution in [0.3, 0.4) is 0 Å². The van der Waals surface area contributed by atoms with E-state index in [9.17, 15) is 0 Å². The molecule has 0 bridgehead atoms. The molecule has 2 rings (SSSR count). The third kappa shape index (κ3) is 1.88. The van der Waals surface area contributed by atoms with Gasteiger partial charge in [0.15, 0.2) is 0 Å². The summed E-state index contributed by atoms with van der Waals surface area (Å²) in [5, 5.41) is 5.59. The van der Waals surface area contributed by atoms with Crippen LogP contribution in [-0.2, 0) is 6.42 Å². The summed E-state index contributed by atoms with van der Waals surface area (Å²) in [6.07, 6.45) is 3.95. The van der Waals surface area contributed by atoms with E-state index in [4.69, 9.17) is 0 Å². The largest absolute Gasteiger partial charge is 0.384 e. The molecule has 0 fully saturated rings. The van der Waals surface area contributed by atoms with Gasteiger partial charge in [-0.3, -0.25) is 0 Å². The normalized spacial score (nSPS) is 15.6. The van der Waals surface area contributed by atoms with Crippen LogP contribution in [0, 0.1) is 0 Å². The number of aryl methyl sites for hydroxylation is 1. The smallest absolute Gasteiger partial charge is 0.0481 e. The van der Waals surface area contributed by atoms with Gasteiger partial charge < -0.3 is 5.32 Å². The third-order valence-corrected chi connectivity index (χ3v) is 2.87. The van der Waals surface area contributed by atoms with Gasteiger partial charge in [-0.2, -0.15) is 0 Å². The van der Waals surface area contributed by atoms with Crippen LogP contribution in [0.15, 0.2) is 11.4 Å². The number of hydrogen-bond acceptors (Lipinski definition) is 2. The Morgan fingerprint density at radius 1 is 1.36 bits per heavy atom. The summed E-state index contributed by atoms with van der Waals surface area (Å²) >= 11 is 1.88. The first-order chi connectivity index (χ1) is 4.97. The van der Waals surface area contributed by atoms with Gasteiger partial charge in [0, 0.05) is 17.1 Å². The number of halogens is 1. The van der Waals surface area contributed by atoms with Gasteiger partial charge in [0.1, 0.15) is 0 Å². The quantitative estimate of drug-likeness (QED) is 0.662. The maximum Gasteiger partial charge on any atom is 0.0481 e. The van der Waals surface area contributed by atoms with Gasteiger partial charge >= 0.3 is 0 Å². The minimum Gasteiger partial charge on any atom is -0.384 e. The molecule has 1 nitrogen and oxygen atoms in total. The standard InChI is InChI=1S/C8H11NS.ClH/c1-2-5-9-7-4-6-10-8(7)3-1;/h4,6,9H,1-3,5H2;1H. The van der Waals surface area contributed by atoms with Crippen LogP contribution in [0.2, 0.25) is 0 Å². The lowest BCUT2D eigenvalue weighted by Crippen LogP contribution is -1.97. The number of hydrogen-bond donors (Lipinski definition) is 1. The number of nitrogens with one attached hydrogen (secondary N) is 1. The van der Waals surface area contributed by atoms with E-state index in [2.05, 4.69) is 16.8 Å². The van der Waals surface area contributed by atoms with Crippen molar-refractivity contribution in [2.75, 3.05) is 11.9 Å². The molecule has 0 saturated heterocycles. The molecule has 0 unspecified atom stereocenters. The summed E-state index contributed by atoms with van der Waals surface area (Å²) in [5.41, 5.74) is 1.38. The molecule has 1 aliphatic heterocycles. The molecule has 1 aromatic rings. The van der Waals surface area contributed by atoms with Gasteiger partial charge in [0.25, 0.3) is 0 Å². The number of fused-ring (bicyclic) bond motifs is 1. The fourth-order valence-corrected chi connectivity index (χ4v) is 2.22. The minimum atomic E-state index is 0. The van der Waals surface area contributed by atoms with Crippen molar-refractivity contribution < 1.29 is 0 Å². The van der Waals surface area contributed by atoms with Gasteiger partial charge in [-0.15, -0.1) is 23.7 Å². The lowest BCUT2D eigenvalue weighted by molar-refractivity contribution is 0.790. The first-order valence-corrected chi connectivity index (χ1v) is 4.65. The second-order valence-corrected chi connectivity index (χ2v) is 3.64. The second kappa shape index (κ2) is 3.98. The summed E-state index contributed by atoms with van der Waals surface area (Å²) in [6.45, 7) is 1.16. The molecule has 1 aliphatic rings. The molecule has 0 saturated carbocycles. The molecule has 62 valence electrons. The van der Waals surface area contributed by atoms with Gasteiger partial charge in [-0.05, 0) is 30.7 Å². The summed E-state index contributed by atoms with van der Waals surface area (Å²) in [7, 11) is 0. The monoisotopic (exact) mass is 189 g/mol. The SMILES string of the molecule is Cl.c1cc2c(s1)CCCCN2. The lowest BCUT2D eigenvalue weighted by atomic mass is 10.2. The Morgan fingerprint density at radius 2 is 2.27 bits per heavy atom. The van der Waals surface area contributed by atoms with Crippen LogP contribution < -0.4 is 5.32 Å². The van der Waals surface area contributed by atoms with E-state index in [0.717, 1.165) is 6.54 Å². The molecular formula is C8H12ClNS. The van der Waals surface area contributed by atoms with Crippen molar-refractivity contribution in [3.8, 4) is 0 Å². The highest BCUT2D eigenvalue weighted by atomic mass is 35.5. The predicted molar refractivity (Wildman–Crippen MR) is 53.0 cm³/mol. The van der Waals surface area contributed by atoms with E-state index >= 15 is 0 Å². The van der Waals surface area contributed by atoms with Crippen LogP contribution >= 0.6 is 23.7 Å². The Morgan fingerprint density at radius 3 is 3.18 bits per heavy atom. The summed E-state index contributed by atoms with van der Waals surface area (Å²) < 4.78 is 0. The Hall–Kier alpha value is -0.210. The van der Waals surface area contributed by atoms with E-state index in [-0.39, 0.29) is 12.4 Å². The molecule has 11 heavy (non-hydrogen) atoms. The Balaban J connectivity index is 0.000000605. The van der Waals surface area contributed by atoms with Crippen molar-refractivity contribution in [2.24, 2.45) is 0 Å². The molecule has 3 heteroatoms. The maximum absolute atomic E-state index is 3.42. The van der Waals surface area contributed by atoms with Crippen LogP contribution in [0.25, 0.3) is 0 Å². The average Bonchev–Trinajstić information content (AvgIpc) is 2.28. The van der Waals surface area contributed by atoms with Crippen molar-refractivity contribution in [1.29, 1.82) is 0 Å². The Bertz CT molecular complexity index is 201. The molecule has 0 radical (unpaired) electrons. The van der Waals surface area contributed by atoms with Crippen molar-refractivity contribution in [2.45, 2.75) is 19.3 Å². The van der Waals surface area contributed by atoms with E-state index in [0.29, 0.717) is 0 Å². The molecule has 0 spiro atoms. The first kappa shape index (κ1) is 8.88. The van der Waals surface area contributed by atoms with Crippen LogP contribution in [0.1, 0.15) is 17.7 Å². The zero-order chi connectivity index (χ0) is 6.81. The highest BCUT2D eigenvalue weighted by Gasteiger charge is 2.06. The van der Waals surface area contributed by atoms with Crippen LogP contribution in [0.5, 0.6) is 0 Å². The molecule has 0 amide bonds. The fraction of sp³-hybridized carbons (Fsp3) is 0.500. The second-order valence-electron chi connectivity index (χ2n) is 2.64. The van der Waals surface area contributed by atoms with Crippen molar-refractivity contribution in [3.05, 3.63) is 16.3 Å². The van der Waals surface area contributed by atoms with E-state index in [1.165, 1.54) is 29.8 Å². The molecule has 1 N–H and O–H groups in total.